The highest BCUT2D eigenvalue weighted by molar-refractivity contribution is 6.33. The summed E-state index contributed by atoms with van der Waals surface area (Å²) in [6, 6.07) is 14.1. The highest BCUT2D eigenvalue weighted by Gasteiger charge is 2.07. The van der Waals surface area contributed by atoms with Crippen LogP contribution in [-0.4, -0.2) is 13.7 Å². The summed E-state index contributed by atoms with van der Waals surface area (Å²) in [6.45, 7) is 3.96. The van der Waals surface area contributed by atoms with Crippen molar-refractivity contribution in [2.45, 2.75) is 19.9 Å². The van der Waals surface area contributed by atoms with Crippen molar-refractivity contribution < 1.29 is 4.74 Å². The van der Waals surface area contributed by atoms with Gasteiger partial charge in [-0.15, -0.1) is 0 Å². The molecule has 0 radical (unpaired) electrons. The third kappa shape index (κ3) is 3.53. The molecule has 0 aliphatic rings. The van der Waals surface area contributed by atoms with Gasteiger partial charge in [0.15, 0.2) is 0 Å². The molecule has 3 heteroatoms. The molecule has 0 bridgehead atoms. The zero-order valence-electron chi connectivity index (χ0n) is 11.9. The summed E-state index contributed by atoms with van der Waals surface area (Å²) in [6.07, 6.45) is 1.12. The molecule has 0 aliphatic carbocycles. The van der Waals surface area contributed by atoms with E-state index in [1.54, 1.807) is 7.11 Å². The lowest BCUT2D eigenvalue weighted by Gasteiger charge is -2.12. The molecule has 2 aromatic rings. The summed E-state index contributed by atoms with van der Waals surface area (Å²) in [4.78, 5) is 0. The van der Waals surface area contributed by atoms with Crippen LogP contribution in [0.15, 0.2) is 42.5 Å². The van der Waals surface area contributed by atoms with Gasteiger partial charge in [0.2, 0.25) is 0 Å². The summed E-state index contributed by atoms with van der Waals surface area (Å²) in [7, 11) is 1.70. The van der Waals surface area contributed by atoms with Gasteiger partial charge in [0, 0.05) is 22.7 Å². The first-order valence-electron chi connectivity index (χ1n) is 6.88. The second-order valence-corrected chi connectivity index (χ2v) is 5.09. The molecule has 0 fully saturated rings. The molecular weight excluding hydrogens is 270 g/mol. The quantitative estimate of drug-likeness (QED) is 0.790. The van der Waals surface area contributed by atoms with Crippen LogP contribution in [0.3, 0.4) is 0 Å². The topological polar surface area (TPSA) is 21.3 Å². The Bertz CT molecular complexity index is 569. The number of nitrogens with one attached hydrogen (secondary N) is 1. The van der Waals surface area contributed by atoms with Crippen LogP contribution < -0.4 is 10.1 Å². The molecular formula is C17H20ClNO. The molecule has 0 saturated carbocycles. The lowest BCUT2D eigenvalue weighted by Crippen LogP contribution is -2.14. The summed E-state index contributed by atoms with van der Waals surface area (Å²) < 4.78 is 5.42. The molecule has 0 unspecified atom stereocenters. The predicted octanol–water partition coefficient (Wildman–Crippen LogP) is 4.52. The van der Waals surface area contributed by atoms with E-state index in [2.05, 4.69) is 18.3 Å². The normalized spacial score (nSPS) is 10.6. The summed E-state index contributed by atoms with van der Waals surface area (Å²) in [5.74, 6) is 0.907. The molecule has 0 atom stereocenters. The van der Waals surface area contributed by atoms with Crippen molar-refractivity contribution in [3.63, 3.8) is 0 Å². The van der Waals surface area contributed by atoms with E-state index < -0.39 is 0 Å². The first-order valence-corrected chi connectivity index (χ1v) is 7.26. The SMILES string of the molecule is CCCNCc1cc(-c2ccccc2Cl)ccc1OC. The highest BCUT2D eigenvalue weighted by atomic mass is 35.5. The number of ether oxygens (including phenoxy) is 1. The number of hydrogen-bond acceptors (Lipinski definition) is 2. The molecule has 0 aliphatic heterocycles. The van der Waals surface area contributed by atoms with Crippen LogP contribution in [0.2, 0.25) is 5.02 Å². The van der Waals surface area contributed by atoms with Crippen molar-refractivity contribution in [3.05, 3.63) is 53.1 Å². The van der Waals surface area contributed by atoms with E-state index in [1.165, 1.54) is 0 Å². The Morgan fingerprint density at radius 1 is 1.15 bits per heavy atom. The van der Waals surface area contributed by atoms with Crippen molar-refractivity contribution in [2.75, 3.05) is 13.7 Å². The number of hydrogen-bond donors (Lipinski definition) is 1. The zero-order valence-corrected chi connectivity index (χ0v) is 12.7. The third-order valence-corrected chi connectivity index (χ3v) is 3.54. The van der Waals surface area contributed by atoms with Gasteiger partial charge in [-0.05, 0) is 36.7 Å². The van der Waals surface area contributed by atoms with Crippen molar-refractivity contribution >= 4 is 11.6 Å². The van der Waals surface area contributed by atoms with Crippen molar-refractivity contribution in [3.8, 4) is 16.9 Å². The fourth-order valence-corrected chi connectivity index (χ4v) is 2.42. The van der Waals surface area contributed by atoms with E-state index in [9.17, 15) is 0 Å². The van der Waals surface area contributed by atoms with Crippen molar-refractivity contribution in [1.29, 1.82) is 0 Å². The van der Waals surface area contributed by atoms with Gasteiger partial charge in [0.1, 0.15) is 5.75 Å². The van der Waals surface area contributed by atoms with E-state index in [4.69, 9.17) is 16.3 Å². The smallest absolute Gasteiger partial charge is 0.123 e. The molecule has 0 heterocycles. The van der Waals surface area contributed by atoms with Gasteiger partial charge >= 0.3 is 0 Å². The largest absolute Gasteiger partial charge is 0.496 e. The molecule has 0 amide bonds. The summed E-state index contributed by atoms with van der Waals surface area (Å²) in [5, 5.41) is 4.18. The van der Waals surface area contributed by atoms with Crippen molar-refractivity contribution in [2.24, 2.45) is 0 Å². The molecule has 106 valence electrons. The average Bonchev–Trinajstić information content (AvgIpc) is 2.48. The second-order valence-electron chi connectivity index (χ2n) is 4.68. The lowest BCUT2D eigenvalue weighted by molar-refractivity contribution is 0.408. The monoisotopic (exact) mass is 289 g/mol. The fourth-order valence-electron chi connectivity index (χ4n) is 2.18. The Balaban J connectivity index is 2.31. The first-order chi connectivity index (χ1) is 9.76. The minimum atomic E-state index is 0.769. The van der Waals surface area contributed by atoms with Crippen LogP contribution in [0.4, 0.5) is 0 Å². The molecule has 2 aromatic carbocycles. The number of benzene rings is 2. The predicted molar refractivity (Wildman–Crippen MR) is 85.4 cm³/mol. The van der Waals surface area contributed by atoms with Gasteiger partial charge in [-0.25, -0.2) is 0 Å². The van der Waals surface area contributed by atoms with Crippen LogP contribution in [0.5, 0.6) is 5.75 Å². The van der Waals surface area contributed by atoms with E-state index in [1.807, 2.05) is 36.4 Å². The number of rotatable bonds is 6. The Kier molecular flexibility index (Phi) is 5.45. The molecule has 2 nitrogen and oxygen atoms in total. The molecule has 20 heavy (non-hydrogen) atoms. The Labute approximate surface area is 125 Å². The first kappa shape index (κ1) is 14.9. The highest BCUT2D eigenvalue weighted by Crippen LogP contribution is 2.31. The van der Waals surface area contributed by atoms with Gasteiger partial charge in [-0.3, -0.25) is 0 Å². The van der Waals surface area contributed by atoms with Crippen LogP contribution in [0, 0.1) is 0 Å². The Hall–Kier alpha value is -1.51. The zero-order chi connectivity index (χ0) is 14.4. The fraction of sp³-hybridized carbons (Fsp3) is 0.294. The maximum Gasteiger partial charge on any atom is 0.123 e. The molecule has 0 saturated heterocycles. The van der Waals surface area contributed by atoms with Crippen LogP contribution in [0.1, 0.15) is 18.9 Å². The van der Waals surface area contributed by atoms with Gasteiger partial charge in [0.05, 0.1) is 7.11 Å². The molecule has 2 rings (SSSR count). The van der Waals surface area contributed by atoms with Crippen LogP contribution in [0.25, 0.3) is 11.1 Å². The van der Waals surface area contributed by atoms with Gasteiger partial charge in [-0.2, -0.15) is 0 Å². The van der Waals surface area contributed by atoms with Crippen LogP contribution in [-0.2, 0) is 6.54 Å². The van der Waals surface area contributed by atoms with Gasteiger partial charge in [0.25, 0.3) is 0 Å². The standard InChI is InChI=1S/C17H20ClNO/c1-3-10-19-12-14-11-13(8-9-17(14)20-2)15-6-4-5-7-16(15)18/h4-9,11,19H,3,10,12H2,1-2H3. The van der Waals surface area contributed by atoms with Crippen molar-refractivity contribution in [1.82, 2.24) is 5.32 Å². The van der Waals surface area contributed by atoms with E-state index in [-0.39, 0.29) is 0 Å². The van der Waals surface area contributed by atoms with Gasteiger partial charge < -0.3 is 10.1 Å². The maximum absolute atomic E-state index is 6.26. The van der Waals surface area contributed by atoms with Gasteiger partial charge in [-0.1, -0.05) is 42.8 Å². The Morgan fingerprint density at radius 2 is 1.95 bits per heavy atom. The Morgan fingerprint density at radius 3 is 2.65 bits per heavy atom. The van der Waals surface area contributed by atoms with Crippen LogP contribution >= 0.6 is 11.6 Å². The van der Waals surface area contributed by atoms with E-state index >= 15 is 0 Å². The molecule has 0 aromatic heterocycles. The maximum atomic E-state index is 6.26. The summed E-state index contributed by atoms with van der Waals surface area (Å²) in [5.41, 5.74) is 3.32. The summed E-state index contributed by atoms with van der Waals surface area (Å²) >= 11 is 6.26. The second kappa shape index (κ2) is 7.32. The van der Waals surface area contributed by atoms with E-state index in [0.717, 1.165) is 47.0 Å². The minimum Gasteiger partial charge on any atom is -0.496 e. The third-order valence-electron chi connectivity index (χ3n) is 3.21. The average molecular weight is 290 g/mol. The minimum absolute atomic E-state index is 0.769. The van der Waals surface area contributed by atoms with E-state index in [0.29, 0.717) is 0 Å². The number of halogens is 1. The lowest BCUT2D eigenvalue weighted by atomic mass is 10.0. The number of methoxy groups -OCH3 is 1. The molecule has 0 spiro atoms. The molecule has 1 N–H and O–H groups in total.